The summed E-state index contributed by atoms with van der Waals surface area (Å²) in [4.78, 5) is 14.9. The van der Waals surface area contributed by atoms with Crippen LogP contribution in [0, 0.1) is 0 Å². The van der Waals surface area contributed by atoms with E-state index in [1.807, 2.05) is 18.5 Å². The number of piperazine rings is 1. The third kappa shape index (κ3) is 5.44. The number of nitrogens with zero attached hydrogens (tertiary/aromatic N) is 5. The smallest absolute Gasteiger partial charge is 0.243 e. The maximum atomic E-state index is 13.0. The van der Waals surface area contributed by atoms with Crippen molar-refractivity contribution in [2.45, 2.75) is 23.5 Å². The maximum absolute atomic E-state index is 13.0. The Morgan fingerprint density at radius 2 is 1.76 bits per heavy atom. The molecule has 196 valence electrons. The number of sulfonamides is 1. The van der Waals surface area contributed by atoms with E-state index >= 15 is 0 Å². The number of nitrogens with one attached hydrogen (secondary N) is 1. The summed E-state index contributed by atoms with van der Waals surface area (Å²) < 4.78 is 40.1. The van der Waals surface area contributed by atoms with Crippen molar-refractivity contribution in [2.75, 3.05) is 51.1 Å². The van der Waals surface area contributed by atoms with Gasteiger partial charge in [-0.25, -0.2) is 8.42 Å². The molecule has 3 heterocycles. The summed E-state index contributed by atoms with van der Waals surface area (Å²) in [5.41, 5.74) is 1.38. The largest absolute Gasteiger partial charge is 0.454 e. The zero-order valence-electron chi connectivity index (χ0n) is 20.6. The second kappa shape index (κ2) is 10.7. The summed E-state index contributed by atoms with van der Waals surface area (Å²) in [5, 5.41) is 12.0. The lowest BCUT2D eigenvalue weighted by molar-refractivity contribution is -0.113. The van der Waals surface area contributed by atoms with Crippen LogP contribution in [0.1, 0.15) is 6.92 Å². The Bertz CT molecular complexity index is 1390. The maximum Gasteiger partial charge on any atom is 0.243 e. The van der Waals surface area contributed by atoms with Gasteiger partial charge < -0.3 is 24.3 Å². The first-order chi connectivity index (χ1) is 17.8. The Hall–Kier alpha value is -3.13. The highest BCUT2D eigenvalue weighted by molar-refractivity contribution is 7.99. The highest BCUT2D eigenvalue weighted by atomic mass is 32.2. The van der Waals surface area contributed by atoms with E-state index in [0.717, 1.165) is 5.56 Å². The normalized spacial score (nSPS) is 16.2. The van der Waals surface area contributed by atoms with E-state index in [1.54, 1.807) is 42.5 Å². The monoisotopic (exact) mass is 544 g/mol. The third-order valence-electron chi connectivity index (χ3n) is 6.23. The zero-order chi connectivity index (χ0) is 26.0. The Kier molecular flexibility index (Phi) is 7.38. The van der Waals surface area contributed by atoms with Crippen LogP contribution < -0.4 is 14.8 Å². The van der Waals surface area contributed by atoms with Crippen molar-refractivity contribution in [3.05, 3.63) is 42.5 Å². The first-order valence-corrected chi connectivity index (χ1v) is 14.3. The molecule has 0 bridgehead atoms. The molecular weight excluding hydrogens is 516 g/mol. The molecule has 1 N–H and O–H groups in total. The zero-order valence-corrected chi connectivity index (χ0v) is 22.2. The summed E-state index contributed by atoms with van der Waals surface area (Å²) in [5.74, 6) is 1.83. The molecule has 37 heavy (non-hydrogen) atoms. The molecule has 1 saturated heterocycles. The van der Waals surface area contributed by atoms with E-state index in [-0.39, 0.29) is 23.3 Å². The second-order valence-electron chi connectivity index (χ2n) is 8.69. The van der Waals surface area contributed by atoms with Crippen molar-refractivity contribution in [3.63, 3.8) is 0 Å². The molecule has 2 aromatic carbocycles. The van der Waals surface area contributed by atoms with Gasteiger partial charge in [-0.05, 0) is 50.4 Å². The van der Waals surface area contributed by atoms with Crippen LogP contribution in [-0.4, -0.2) is 84.1 Å². The molecule has 13 heteroatoms. The van der Waals surface area contributed by atoms with Gasteiger partial charge in [0, 0.05) is 50.0 Å². The van der Waals surface area contributed by atoms with Crippen LogP contribution in [-0.2, 0) is 21.4 Å². The molecule has 5 rings (SSSR count). The van der Waals surface area contributed by atoms with Crippen molar-refractivity contribution >= 4 is 33.4 Å². The Morgan fingerprint density at radius 3 is 2.49 bits per heavy atom. The number of fused-ring (bicyclic) bond motifs is 1. The fraction of sp³-hybridized carbons (Fsp3) is 0.375. The number of amides is 1. The lowest BCUT2D eigenvalue weighted by Crippen LogP contribution is -2.46. The van der Waals surface area contributed by atoms with Gasteiger partial charge in [-0.15, -0.1) is 10.2 Å². The molecule has 0 unspecified atom stereocenters. The van der Waals surface area contributed by atoms with Crippen LogP contribution in [0.15, 0.2) is 52.5 Å². The van der Waals surface area contributed by atoms with E-state index in [0.29, 0.717) is 60.9 Å². The molecule has 2 aliphatic rings. The molecule has 0 aliphatic carbocycles. The Labute approximate surface area is 219 Å². The minimum atomic E-state index is -3.54. The molecule has 11 nitrogen and oxygen atoms in total. The van der Waals surface area contributed by atoms with Crippen LogP contribution in [0.4, 0.5) is 5.69 Å². The number of carbonyl (C=O) groups excluding carboxylic acids is 1. The van der Waals surface area contributed by atoms with Gasteiger partial charge in [-0.3, -0.25) is 4.79 Å². The number of aromatic nitrogens is 3. The Morgan fingerprint density at radius 1 is 1.03 bits per heavy atom. The van der Waals surface area contributed by atoms with Gasteiger partial charge in [0.2, 0.25) is 22.7 Å². The number of likely N-dealkylation sites (N-methyl/N-ethyl adjacent to an activating group) is 1. The first kappa shape index (κ1) is 25.5. The van der Waals surface area contributed by atoms with E-state index in [1.165, 1.54) is 16.1 Å². The average Bonchev–Trinajstić information content (AvgIpc) is 3.54. The van der Waals surface area contributed by atoms with Crippen LogP contribution in [0.2, 0.25) is 0 Å². The predicted molar refractivity (Wildman–Crippen MR) is 139 cm³/mol. The highest BCUT2D eigenvalue weighted by Crippen LogP contribution is 2.34. The molecule has 1 amide bonds. The van der Waals surface area contributed by atoms with Gasteiger partial charge in [0.15, 0.2) is 22.5 Å². The van der Waals surface area contributed by atoms with Crippen molar-refractivity contribution < 1.29 is 22.7 Å². The standard InChI is InChI=1S/C24H28N6O5S2/c1-3-30-23(17-4-7-19(8-5-17)37(32,33)29-12-10-28(2)11-13-29)26-27-24(30)36-15-22(31)25-18-6-9-20-21(14-18)35-16-34-20/h4-9,14H,3,10-13,15-16H2,1-2H3,(H,25,31). The van der Waals surface area contributed by atoms with Crippen LogP contribution in [0.25, 0.3) is 11.4 Å². The quantitative estimate of drug-likeness (QED) is 0.426. The molecule has 0 radical (unpaired) electrons. The van der Waals surface area contributed by atoms with Gasteiger partial charge in [-0.1, -0.05) is 11.8 Å². The van der Waals surface area contributed by atoms with Crippen molar-refractivity contribution in [1.82, 2.24) is 24.0 Å². The molecule has 2 aliphatic heterocycles. The fourth-order valence-electron chi connectivity index (χ4n) is 4.15. The van der Waals surface area contributed by atoms with E-state index in [2.05, 4.69) is 20.4 Å². The molecule has 0 saturated carbocycles. The topological polar surface area (TPSA) is 119 Å². The van der Waals surface area contributed by atoms with E-state index in [4.69, 9.17) is 9.47 Å². The third-order valence-corrected chi connectivity index (χ3v) is 9.11. The lowest BCUT2D eigenvalue weighted by atomic mass is 10.2. The van der Waals surface area contributed by atoms with Crippen molar-refractivity contribution in [1.29, 1.82) is 0 Å². The number of hydrogen-bond acceptors (Lipinski definition) is 9. The number of thioether (sulfide) groups is 1. The first-order valence-electron chi connectivity index (χ1n) is 11.9. The average molecular weight is 545 g/mol. The number of benzene rings is 2. The minimum Gasteiger partial charge on any atom is -0.454 e. The summed E-state index contributed by atoms with van der Waals surface area (Å²) in [7, 11) is -1.55. The SMILES string of the molecule is CCn1c(SCC(=O)Nc2ccc3c(c2)OCO3)nnc1-c1ccc(S(=O)(=O)N2CCN(C)CC2)cc1. The molecular formula is C24H28N6O5S2. The summed E-state index contributed by atoms with van der Waals surface area (Å²) in [6.07, 6.45) is 0. The summed E-state index contributed by atoms with van der Waals surface area (Å²) >= 11 is 1.28. The highest BCUT2D eigenvalue weighted by Gasteiger charge is 2.27. The number of hydrogen-bond donors (Lipinski definition) is 1. The van der Waals surface area contributed by atoms with Crippen LogP contribution in [0.3, 0.4) is 0 Å². The summed E-state index contributed by atoms with van der Waals surface area (Å²) in [6, 6.07) is 12.0. The molecule has 3 aromatic rings. The van der Waals surface area contributed by atoms with Crippen molar-refractivity contribution in [3.8, 4) is 22.9 Å². The van der Waals surface area contributed by atoms with Crippen molar-refractivity contribution in [2.24, 2.45) is 0 Å². The summed E-state index contributed by atoms with van der Waals surface area (Å²) in [6.45, 7) is 5.12. The second-order valence-corrected chi connectivity index (χ2v) is 11.6. The number of rotatable bonds is 8. The van der Waals surface area contributed by atoms with Crippen LogP contribution >= 0.6 is 11.8 Å². The number of ether oxygens (including phenoxy) is 2. The Balaban J connectivity index is 1.24. The van der Waals surface area contributed by atoms with Gasteiger partial charge >= 0.3 is 0 Å². The molecule has 1 fully saturated rings. The van der Waals surface area contributed by atoms with Gasteiger partial charge in [0.25, 0.3) is 0 Å². The molecule has 0 spiro atoms. The molecule has 1 aromatic heterocycles. The van der Waals surface area contributed by atoms with E-state index < -0.39 is 10.0 Å². The van der Waals surface area contributed by atoms with Gasteiger partial charge in [-0.2, -0.15) is 4.31 Å². The van der Waals surface area contributed by atoms with Gasteiger partial charge in [0.1, 0.15) is 0 Å². The predicted octanol–water partition coefficient (Wildman–Crippen LogP) is 2.36. The fourth-order valence-corrected chi connectivity index (χ4v) is 6.37. The number of anilines is 1. The lowest BCUT2D eigenvalue weighted by Gasteiger charge is -2.31. The van der Waals surface area contributed by atoms with E-state index in [9.17, 15) is 13.2 Å². The molecule has 0 atom stereocenters. The van der Waals surface area contributed by atoms with Gasteiger partial charge in [0.05, 0.1) is 10.6 Å². The van der Waals surface area contributed by atoms with Crippen LogP contribution in [0.5, 0.6) is 11.5 Å². The minimum absolute atomic E-state index is 0.148. The number of carbonyl (C=O) groups is 1.